The highest BCUT2D eigenvalue weighted by Crippen LogP contribution is 2.24. The number of carbonyl (C=O) groups excluding carboxylic acids is 1. The van der Waals surface area contributed by atoms with Gasteiger partial charge in [-0.1, -0.05) is 17.7 Å². The molecule has 3 N–H and O–H groups in total. The second-order valence-electron chi connectivity index (χ2n) is 6.34. The molecule has 25 heavy (non-hydrogen) atoms. The molecule has 134 valence electrons. The molecule has 1 saturated heterocycles. The summed E-state index contributed by atoms with van der Waals surface area (Å²) < 4.78 is 0. The van der Waals surface area contributed by atoms with Crippen LogP contribution in [0.4, 0.5) is 5.69 Å². The van der Waals surface area contributed by atoms with Crippen molar-refractivity contribution in [1.82, 2.24) is 20.8 Å². The molecule has 1 aromatic heterocycles. The molecule has 0 saturated carbocycles. The van der Waals surface area contributed by atoms with Gasteiger partial charge in [-0.25, -0.2) is 0 Å². The first-order chi connectivity index (χ1) is 11.7. The van der Waals surface area contributed by atoms with Crippen molar-refractivity contribution in [2.45, 2.75) is 25.4 Å². The van der Waals surface area contributed by atoms with Crippen LogP contribution in [0.2, 0.25) is 5.02 Å². The molecule has 2 aromatic rings. The van der Waals surface area contributed by atoms with Crippen molar-refractivity contribution in [2.24, 2.45) is 0 Å². The van der Waals surface area contributed by atoms with Crippen molar-refractivity contribution in [3.63, 3.8) is 0 Å². The standard InChI is InChI=1S/C17H20ClN5O.ClH/c18-11-2-1-3-13(8-11)23-7-5-12(10-23)20-17(24)16-14-9-19-6-4-15(14)21-22-16;/h1-3,8,12,19H,4-7,9-10H2,(H,20,24)(H,21,22);1H. The van der Waals surface area contributed by atoms with Gasteiger partial charge < -0.3 is 15.5 Å². The van der Waals surface area contributed by atoms with Crippen molar-refractivity contribution in [2.75, 3.05) is 24.5 Å². The summed E-state index contributed by atoms with van der Waals surface area (Å²) in [5, 5.41) is 14.4. The van der Waals surface area contributed by atoms with E-state index in [4.69, 9.17) is 11.6 Å². The third kappa shape index (κ3) is 3.76. The summed E-state index contributed by atoms with van der Waals surface area (Å²) in [5.74, 6) is -0.0888. The Kier molecular flexibility index (Phi) is 5.51. The molecule has 8 heteroatoms. The van der Waals surface area contributed by atoms with Gasteiger partial charge in [-0.05, 0) is 24.6 Å². The largest absolute Gasteiger partial charge is 0.369 e. The molecule has 0 aliphatic carbocycles. The van der Waals surface area contributed by atoms with Crippen LogP contribution in [0.3, 0.4) is 0 Å². The number of aromatic nitrogens is 2. The van der Waals surface area contributed by atoms with Crippen LogP contribution < -0.4 is 15.5 Å². The molecule has 2 aliphatic rings. The second kappa shape index (κ2) is 7.64. The van der Waals surface area contributed by atoms with Gasteiger partial charge >= 0.3 is 0 Å². The molecule has 1 unspecified atom stereocenters. The van der Waals surface area contributed by atoms with Crippen LogP contribution in [-0.4, -0.2) is 41.8 Å². The van der Waals surface area contributed by atoms with Crippen molar-refractivity contribution >= 4 is 35.6 Å². The first-order valence-corrected chi connectivity index (χ1v) is 8.67. The van der Waals surface area contributed by atoms with Crippen LogP contribution in [0.15, 0.2) is 24.3 Å². The van der Waals surface area contributed by atoms with Gasteiger partial charge in [0.05, 0.1) is 0 Å². The maximum absolute atomic E-state index is 12.6. The van der Waals surface area contributed by atoms with E-state index < -0.39 is 0 Å². The number of carbonyl (C=O) groups is 1. The van der Waals surface area contributed by atoms with Gasteiger partial charge in [0.15, 0.2) is 5.69 Å². The summed E-state index contributed by atoms with van der Waals surface area (Å²) in [5.41, 5.74) is 3.70. The zero-order valence-corrected chi connectivity index (χ0v) is 15.3. The number of rotatable bonds is 3. The van der Waals surface area contributed by atoms with Crippen molar-refractivity contribution < 1.29 is 4.79 Å². The lowest BCUT2D eigenvalue weighted by Crippen LogP contribution is -2.38. The third-order valence-electron chi connectivity index (χ3n) is 4.72. The predicted octanol–water partition coefficient (Wildman–Crippen LogP) is 2.14. The number of halogens is 2. The molecule has 1 aromatic carbocycles. The molecule has 4 rings (SSSR count). The highest BCUT2D eigenvalue weighted by atomic mass is 35.5. The molecule has 6 nitrogen and oxygen atoms in total. The van der Waals surface area contributed by atoms with Gasteiger partial charge in [0.2, 0.25) is 0 Å². The highest BCUT2D eigenvalue weighted by molar-refractivity contribution is 6.30. The lowest BCUT2D eigenvalue weighted by molar-refractivity contribution is 0.0934. The quantitative estimate of drug-likeness (QED) is 0.761. The normalized spacial score (nSPS) is 19.2. The molecular weight excluding hydrogens is 361 g/mol. The first-order valence-electron chi connectivity index (χ1n) is 8.29. The van der Waals surface area contributed by atoms with Crippen molar-refractivity contribution in [3.8, 4) is 0 Å². The predicted molar refractivity (Wildman–Crippen MR) is 101 cm³/mol. The summed E-state index contributed by atoms with van der Waals surface area (Å²) in [4.78, 5) is 14.8. The van der Waals surface area contributed by atoms with Crippen molar-refractivity contribution in [1.29, 1.82) is 0 Å². The van der Waals surface area contributed by atoms with E-state index in [1.165, 1.54) is 0 Å². The van der Waals surface area contributed by atoms with E-state index in [1.807, 2.05) is 24.3 Å². The number of benzene rings is 1. The number of hydrogen-bond donors (Lipinski definition) is 3. The fourth-order valence-corrected chi connectivity index (χ4v) is 3.64. The van der Waals surface area contributed by atoms with Crippen LogP contribution in [0.5, 0.6) is 0 Å². The SMILES string of the molecule is Cl.O=C(NC1CCN(c2cccc(Cl)c2)C1)c1n[nH]c2c1CNCC2. The summed E-state index contributed by atoms with van der Waals surface area (Å²) in [6.45, 7) is 3.32. The highest BCUT2D eigenvalue weighted by Gasteiger charge is 2.27. The minimum Gasteiger partial charge on any atom is -0.369 e. The van der Waals surface area contributed by atoms with Crippen LogP contribution in [0.25, 0.3) is 0 Å². The number of H-pyrrole nitrogens is 1. The van der Waals surface area contributed by atoms with Gasteiger partial charge in [-0.2, -0.15) is 5.10 Å². The number of anilines is 1. The summed E-state index contributed by atoms with van der Waals surface area (Å²) in [7, 11) is 0. The summed E-state index contributed by atoms with van der Waals surface area (Å²) in [6.07, 6.45) is 1.81. The molecule has 1 fully saturated rings. The number of fused-ring (bicyclic) bond motifs is 1. The molecule has 0 radical (unpaired) electrons. The van der Waals surface area contributed by atoms with Gasteiger partial charge in [0.25, 0.3) is 5.91 Å². The van der Waals surface area contributed by atoms with E-state index in [2.05, 4.69) is 25.7 Å². The minimum atomic E-state index is -0.0888. The fraction of sp³-hybridized carbons (Fsp3) is 0.412. The third-order valence-corrected chi connectivity index (χ3v) is 4.95. The Morgan fingerprint density at radius 2 is 2.28 bits per heavy atom. The number of hydrogen-bond acceptors (Lipinski definition) is 4. The molecule has 0 bridgehead atoms. The Labute approximate surface area is 157 Å². The zero-order valence-electron chi connectivity index (χ0n) is 13.7. The maximum atomic E-state index is 12.6. The van der Waals surface area contributed by atoms with Crippen LogP contribution in [0, 0.1) is 0 Å². The first kappa shape index (κ1) is 18.0. The molecular formula is C17H21Cl2N5O. The van der Waals surface area contributed by atoms with Gasteiger partial charge in [0, 0.05) is 60.6 Å². The molecule has 2 aliphatic heterocycles. The molecule has 1 atom stereocenters. The Morgan fingerprint density at radius 1 is 1.40 bits per heavy atom. The lowest BCUT2D eigenvalue weighted by atomic mass is 10.1. The Balaban J connectivity index is 0.00000182. The van der Waals surface area contributed by atoms with Gasteiger partial charge in [-0.15, -0.1) is 12.4 Å². The second-order valence-corrected chi connectivity index (χ2v) is 6.78. The summed E-state index contributed by atoms with van der Waals surface area (Å²) in [6, 6.07) is 7.95. The Bertz CT molecular complexity index is 763. The van der Waals surface area contributed by atoms with E-state index >= 15 is 0 Å². The van der Waals surface area contributed by atoms with E-state index in [1.54, 1.807) is 0 Å². The molecule has 1 amide bonds. The van der Waals surface area contributed by atoms with E-state index in [0.717, 1.165) is 54.4 Å². The molecule has 3 heterocycles. The van der Waals surface area contributed by atoms with Crippen LogP contribution in [-0.2, 0) is 13.0 Å². The average Bonchev–Trinajstić information content (AvgIpc) is 3.21. The van der Waals surface area contributed by atoms with Gasteiger partial charge in [0.1, 0.15) is 0 Å². The van der Waals surface area contributed by atoms with E-state index in [0.29, 0.717) is 12.2 Å². The number of amides is 1. The monoisotopic (exact) mass is 381 g/mol. The smallest absolute Gasteiger partial charge is 0.272 e. The Morgan fingerprint density at radius 3 is 3.12 bits per heavy atom. The topological polar surface area (TPSA) is 73.0 Å². The Hall–Kier alpha value is -1.76. The van der Waals surface area contributed by atoms with Gasteiger partial charge in [-0.3, -0.25) is 9.89 Å². The average molecular weight is 382 g/mol. The van der Waals surface area contributed by atoms with Crippen molar-refractivity contribution in [3.05, 3.63) is 46.2 Å². The number of nitrogens with zero attached hydrogens (tertiary/aromatic N) is 2. The summed E-state index contributed by atoms with van der Waals surface area (Å²) >= 11 is 6.06. The van der Waals surface area contributed by atoms with E-state index in [9.17, 15) is 4.79 Å². The minimum absolute atomic E-state index is 0. The fourth-order valence-electron chi connectivity index (χ4n) is 3.45. The number of aromatic amines is 1. The zero-order chi connectivity index (χ0) is 16.5. The lowest BCUT2D eigenvalue weighted by Gasteiger charge is -2.19. The van der Waals surface area contributed by atoms with Crippen LogP contribution in [0.1, 0.15) is 28.2 Å². The molecule has 0 spiro atoms. The van der Waals surface area contributed by atoms with E-state index in [-0.39, 0.29) is 24.4 Å². The maximum Gasteiger partial charge on any atom is 0.272 e. The number of nitrogens with one attached hydrogen (secondary N) is 3. The van der Waals surface area contributed by atoms with Crippen LogP contribution >= 0.6 is 24.0 Å².